The number of likely N-dealkylation sites (N-methyl/N-ethyl adjacent to an activating group) is 1. The number of benzene rings is 1. The zero-order valence-electron chi connectivity index (χ0n) is 21.8. The van der Waals surface area contributed by atoms with Gasteiger partial charge in [0, 0.05) is 80.0 Å². The Balaban J connectivity index is 1.24. The second-order valence-electron chi connectivity index (χ2n) is 10.8. The molecule has 7 rings (SSSR count). The monoisotopic (exact) mass is 515 g/mol. The van der Waals surface area contributed by atoms with E-state index in [1.807, 2.05) is 6.08 Å². The van der Waals surface area contributed by atoms with Gasteiger partial charge < -0.3 is 29.7 Å². The zero-order valence-corrected chi connectivity index (χ0v) is 21.8. The minimum Gasteiger partial charge on any atom is -0.493 e. The molecule has 0 spiro atoms. The summed E-state index contributed by atoms with van der Waals surface area (Å²) in [6, 6.07) is 4.31. The second-order valence-corrected chi connectivity index (χ2v) is 10.8. The first kappa shape index (κ1) is 23.8. The van der Waals surface area contributed by atoms with Crippen molar-refractivity contribution in [3.63, 3.8) is 0 Å². The number of cyclic esters (lactones) is 1. The average Bonchev–Trinajstić information content (AvgIpc) is 3.53. The van der Waals surface area contributed by atoms with E-state index < -0.39 is 12.1 Å². The lowest BCUT2D eigenvalue weighted by molar-refractivity contribution is -0.151. The summed E-state index contributed by atoms with van der Waals surface area (Å²) in [6.07, 6.45) is 1.49. The number of pyridine rings is 1. The van der Waals surface area contributed by atoms with E-state index in [-0.39, 0.29) is 6.61 Å². The first-order chi connectivity index (χ1) is 18.5. The van der Waals surface area contributed by atoms with Crippen LogP contribution in [0.3, 0.4) is 0 Å². The molecule has 0 aliphatic carbocycles. The second kappa shape index (κ2) is 9.20. The molecule has 1 unspecified atom stereocenters. The van der Waals surface area contributed by atoms with Crippen LogP contribution in [0.1, 0.15) is 22.4 Å². The number of nitrogens with zero attached hydrogens (tertiary/aromatic N) is 4. The first-order valence-electron chi connectivity index (χ1n) is 13.5. The molecule has 0 amide bonds. The standard InChI is InChI=1S/C29H33N5O4/c1-17-23-16-38-29(36)28(35)20(23)12-25-27-22(15-34(17)25)21(14-30-4-5-33-8-6-32(2)7-9-33)19-13-26-18(3-10-37-26)11-24(19)31-27/h11-13,28,30,35H,1,3-10,14-16H2,2H3. The number of aliphatic hydroxyl groups excluding tert-OH is 1. The third-order valence-electron chi connectivity index (χ3n) is 8.56. The maximum absolute atomic E-state index is 12.1. The van der Waals surface area contributed by atoms with Gasteiger partial charge in [0.2, 0.25) is 0 Å². The molecule has 1 fully saturated rings. The maximum atomic E-state index is 12.1. The van der Waals surface area contributed by atoms with E-state index in [9.17, 15) is 9.90 Å². The highest BCUT2D eigenvalue weighted by atomic mass is 16.5. The Morgan fingerprint density at radius 3 is 2.89 bits per heavy atom. The number of carbonyl (C=O) groups is 1. The smallest absolute Gasteiger partial charge is 0.340 e. The molecule has 1 saturated heterocycles. The molecule has 1 aromatic carbocycles. The van der Waals surface area contributed by atoms with Crippen LogP contribution in [0.4, 0.5) is 0 Å². The number of hydrogen-bond acceptors (Lipinski definition) is 9. The molecule has 38 heavy (non-hydrogen) atoms. The van der Waals surface area contributed by atoms with Crippen molar-refractivity contribution in [1.29, 1.82) is 0 Å². The number of hydrogen-bond donors (Lipinski definition) is 2. The van der Waals surface area contributed by atoms with Gasteiger partial charge in [0.05, 0.1) is 30.1 Å². The van der Waals surface area contributed by atoms with Crippen molar-refractivity contribution >= 4 is 22.6 Å². The van der Waals surface area contributed by atoms with Crippen LogP contribution in [0.25, 0.3) is 16.6 Å². The molecule has 2 N–H and O–H groups in total. The van der Waals surface area contributed by atoms with Crippen LogP contribution in [0, 0.1) is 0 Å². The molecule has 9 heteroatoms. The van der Waals surface area contributed by atoms with E-state index in [1.54, 1.807) is 0 Å². The van der Waals surface area contributed by atoms with Crippen LogP contribution in [-0.4, -0.2) is 96.4 Å². The topological polar surface area (TPSA) is 90.4 Å². The summed E-state index contributed by atoms with van der Waals surface area (Å²) in [5.41, 5.74) is 8.38. The molecule has 1 atom stereocenters. The summed E-state index contributed by atoms with van der Waals surface area (Å²) in [6.45, 7) is 12.9. The molecule has 0 radical (unpaired) electrons. The van der Waals surface area contributed by atoms with Gasteiger partial charge in [0.25, 0.3) is 0 Å². The Morgan fingerprint density at radius 1 is 1.21 bits per heavy atom. The zero-order chi connectivity index (χ0) is 26.0. The first-order valence-corrected chi connectivity index (χ1v) is 13.5. The maximum Gasteiger partial charge on any atom is 0.340 e. The molecule has 9 nitrogen and oxygen atoms in total. The van der Waals surface area contributed by atoms with Gasteiger partial charge in [-0.3, -0.25) is 4.90 Å². The average molecular weight is 516 g/mol. The number of fused-ring (bicyclic) bond motifs is 5. The summed E-state index contributed by atoms with van der Waals surface area (Å²) in [5, 5.41) is 15.4. The summed E-state index contributed by atoms with van der Waals surface area (Å²) in [7, 11) is 2.18. The number of ether oxygens (including phenoxy) is 2. The summed E-state index contributed by atoms with van der Waals surface area (Å²) in [5.74, 6) is 0.334. The highest BCUT2D eigenvalue weighted by molar-refractivity contribution is 5.92. The van der Waals surface area contributed by atoms with Gasteiger partial charge in [-0.2, -0.15) is 0 Å². The van der Waals surface area contributed by atoms with E-state index in [1.165, 1.54) is 11.1 Å². The number of rotatable bonds is 5. The molecule has 198 valence electrons. The van der Waals surface area contributed by atoms with Gasteiger partial charge >= 0.3 is 5.97 Å². The molecular weight excluding hydrogens is 482 g/mol. The number of aromatic nitrogens is 1. The van der Waals surface area contributed by atoms with Crippen molar-refractivity contribution in [3.05, 3.63) is 64.0 Å². The van der Waals surface area contributed by atoms with E-state index in [2.05, 4.69) is 45.8 Å². The fourth-order valence-electron chi connectivity index (χ4n) is 6.23. The van der Waals surface area contributed by atoms with Crippen molar-refractivity contribution in [3.8, 4) is 5.75 Å². The molecule has 0 saturated carbocycles. The third kappa shape index (κ3) is 3.84. The number of aliphatic hydroxyl groups is 1. The fraction of sp³-hybridized carbons (Fsp3) is 0.448. The number of esters is 1. The van der Waals surface area contributed by atoms with Crippen LogP contribution in [0.5, 0.6) is 5.75 Å². The Hall–Kier alpha value is -3.24. The molecule has 1 aromatic heterocycles. The Morgan fingerprint density at radius 2 is 2.05 bits per heavy atom. The van der Waals surface area contributed by atoms with Crippen molar-refractivity contribution < 1.29 is 19.4 Å². The minimum absolute atomic E-state index is 0.126. The number of nitrogens with one attached hydrogen (secondary N) is 1. The summed E-state index contributed by atoms with van der Waals surface area (Å²) in [4.78, 5) is 24.3. The van der Waals surface area contributed by atoms with Gasteiger partial charge in [-0.25, -0.2) is 9.78 Å². The quantitative estimate of drug-likeness (QED) is 0.453. The minimum atomic E-state index is -1.30. The van der Waals surface area contributed by atoms with E-state index in [0.717, 1.165) is 97.1 Å². The number of piperazine rings is 1. The predicted octanol–water partition coefficient (Wildman–Crippen LogP) is 1.40. The summed E-state index contributed by atoms with van der Waals surface area (Å²) >= 11 is 0. The van der Waals surface area contributed by atoms with Crippen molar-refractivity contribution in [2.24, 2.45) is 0 Å². The molecule has 5 aliphatic heterocycles. The molecule has 0 bridgehead atoms. The van der Waals surface area contributed by atoms with Crippen molar-refractivity contribution in [2.45, 2.75) is 25.6 Å². The van der Waals surface area contributed by atoms with E-state index in [4.69, 9.17) is 14.5 Å². The van der Waals surface area contributed by atoms with Crippen LogP contribution in [0.15, 0.2) is 41.6 Å². The highest BCUT2D eigenvalue weighted by Crippen LogP contribution is 2.45. The lowest BCUT2D eigenvalue weighted by Gasteiger charge is -2.33. The van der Waals surface area contributed by atoms with Crippen LogP contribution >= 0.6 is 0 Å². The third-order valence-corrected chi connectivity index (χ3v) is 8.56. The van der Waals surface area contributed by atoms with Gasteiger partial charge in [0.15, 0.2) is 6.10 Å². The Labute approximate surface area is 222 Å². The summed E-state index contributed by atoms with van der Waals surface area (Å²) < 4.78 is 11.1. The predicted molar refractivity (Wildman–Crippen MR) is 143 cm³/mol. The van der Waals surface area contributed by atoms with Gasteiger partial charge in [0.1, 0.15) is 12.4 Å². The van der Waals surface area contributed by atoms with Crippen molar-refractivity contribution in [2.75, 3.05) is 59.5 Å². The van der Waals surface area contributed by atoms with Gasteiger partial charge in [-0.05, 0) is 36.4 Å². The van der Waals surface area contributed by atoms with Gasteiger partial charge in [-0.1, -0.05) is 6.58 Å². The van der Waals surface area contributed by atoms with Gasteiger partial charge in [-0.15, -0.1) is 0 Å². The fourth-order valence-corrected chi connectivity index (χ4v) is 6.23. The molecule has 2 aromatic rings. The number of carbonyl (C=O) groups excluding carboxylic acids is 1. The largest absolute Gasteiger partial charge is 0.493 e. The molecule has 6 heterocycles. The Bertz CT molecular complexity index is 1420. The lowest BCUT2D eigenvalue weighted by Crippen LogP contribution is -2.46. The normalized spacial score (nSPS) is 23.2. The highest BCUT2D eigenvalue weighted by Gasteiger charge is 2.40. The molecule has 5 aliphatic rings. The Kier molecular flexibility index (Phi) is 5.77. The van der Waals surface area contributed by atoms with Crippen LogP contribution in [-0.2, 0) is 29.0 Å². The van der Waals surface area contributed by atoms with Crippen LogP contribution in [0.2, 0.25) is 0 Å². The molecular formula is C29H33N5O4. The lowest BCUT2D eigenvalue weighted by atomic mass is 9.93. The van der Waals surface area contributed by atoms with E-state index in [0.29, 0.717) is 18.7 Å². The van der Waals surface area contributed by atoms with E-state index >= 15 is 0 Å². The SMILES string of the molecule is C=C1C2=C(C=C3c4nc5cc6c(cc5c(CNCCN5CCN(C)CC5)c4CN13)OCC6)C(O)C(=O)OC2. The van der Waals surface area contributed by atoms with Crippen molar-refractivity contribution in [1.82, 2.24) is 25.0 Å². The van der Waals surface area contributed by atoms with Crippen LogP contribution < -0.4 is 10.1 Å².